The zero-order chi connectivity index (χ0) is 27.0. The Hall–Kier alpha value is -3.22. The number of nitrogens with zero attached hydrogens (tertiary/aromatic N) is 5. The molecule has 0 bridgehead atoms. The summed E-state index contributed by atoms with van der Waals surface area (Å²) in [7, 11) is 3.25. The van der Waals surface area contributed by atoms with Gasteiger partial charge in [0.15, 0.2) is 5.13 Å². The lowest BCUT2D eigenvalue weighted by molar-refractivity contribution is -0.139. The highest BCUT2D eigenvalue weighted by Crippen LogP contribution is 2.31. The molecule has 2 aliphatic rings. The molecular weight excluding hydrogens is 515 g/mol. The maximum absolute atomic E-state index is 13.1. The Morgan fingerprint density at radius 3 is 2.54 bits per heavy atom. The number of nitriles is 1. The van der Waals surface area contributed by atoms with Crippen LogP contribution < -0.4 is 15.8 Å². The Balaban J connectivity index is 0.00000121. The van der Waals surface area contributed by atoms with E-state index in [1.807, 2.05) is 4.90 Å². The van der Waals surface area contributed by atoms with Crippen LogP contribution in [0.3, 0.4) is 0 Å². The van der Waals surface area contributed by atoms with Crippen LogP contribution in [0.1, 0.15) is 29.7 Å². The fourth-order valence-corrected chi connectivity index (χ4v) is 4.99. The second kappa shape index (κ2) is 12.8. The monoisotopic (exact) mass is 543 g/mol. The van der Waals surface area contributed by atoms with Gasteiger partial charge < -0.3 is 24.6 Å². The van der Waals surface area contributed by atoms with Crippen molar-refractivity contribution in [3.63, 3.8) is 0 Å². The van der Waals surface area contributed by atoms with Gasteiger partial charge in [-0.2, -0.15) is 23.5 Å². The molecule has 0 aliphatic carbocycles. The van der Waals surface area contributed by atoms with Gasteiger partial charge in [-0.25, -0.2) is 10.1 Å². The number of thiazole rings is 1. The number of halogens is 3. The van der Waals surface area contributed by atoms with Gasteiger partial charge in [-0.3, -0.25) is 9.59 Å². The molecule has 2 fully saturated rings. The molecule has 0 radical (unpaired) electrons. The van der Waals surface area contributed by atoms with Crippen molar-refractivity contribution in [3.05, 3.63) is 33.2 Å². The molecule has 0 saturated carbocycles. The second-order valence-electron chi connectivity index (χ2n) is 8.34. The van der Waals surface area contributed by atoms with Gasteiger partial charge >= 0.3 is 6.18 Å². The van der Waals surface area contributed by atoms with Crippen molar-refractivity contribution in [1.29, 1.82) is 5.26 Å². The van der Waals surface area contributed by atoms with Gasteiger partial charge in [-0.05, 0) is 12.8 Å². The summed E-state index contributed by atoms with van der Waals surface area (Å²) in [4.78, 5) is 33.1. The van der Waals surface area contributed by atoms with Gasteiger partial charge in [-0.1, -0.05) is 11.3 Å². The number of aromatic nitrogens is 3. The van der Waals surface area contributed by atoms with Crippen molar-refractivity contribution in [2.24, 2.45) is 0 Å². The fourth-order valence-electron chi connectivity index (χ4n) is 4.22. The predicted molar refractivity (Wildman–Crippen MR) is 129 cm³/mol. The number of amides is 1. The first-order chi connectivity index (χ1) is 17.7. The summed E-state index contributed by atoms with van der Waals surface area (Å²) >= 11 is 1.35. The highest BCUT2D eigenvalue weighted by molar-refractivity contribution is 7.16. The quantitative estimate of drug-likeness (QED) is 0.503. The summed E-state index contributed by atoms with van der Waals surface area (Å²) in [5.74, 6) is -0.117. The summed E-state index contributed by atoms with van der Waals surface area (Å²) in [5, 5.41) is 17.5. The smallest absolute Gasteiger partial charge is 0.388 e. The van der Waals surface area contributed by atoms with E-state index in [0.717, 1.165) is 37.3 Å². The van der Waals surface area contributed by atoms with Gasteiger partial charge in [0.1, 0.15) is 22.6 Å². The first-order valence-corrected chi connectivity index (χ1v) is 12.3. The lowest BCUT2D eigenvalue weighted by Gasteiger charge is -2.36. The normalized spacial score (nSPS) is 18.4. The number of methoxy groups -OCH3 is 1. The third kappa shape index (κ3) is 7.18. The van der Waals surface area contributed by atoms with Crippen LogP contribution in [-0.4, -0.2) is 85.1 Å². The van der Waals surface area contributed by atoms with Gasteiger partial charge in [0.05, 0.1) is 24.7 Å². The van der Waals surface area contributed by atoms with E-state index in [4.69, 9.17) is 10.00 Å². The highest BCUT2D eigenvalue weighted by Gasteiger charge is 2.39. The number of H-pyrrole nitrogens is 1. The van der Waals surface area contributed by atoms with Crippen LogP contribution in [0.15, 0.2) is 17.2 Å². The number of likely N-dealkylation sites (tertiary alicyclic amines) is 1. The molecule has 0 spiro atoms. The maximum Gasteiger partial charge on any atom is 0.423 e. The van der Waals surface area contributed by atoms with Crippen molar-refractivity contribution in [2.45, 2.75) is 37.6 Å². The van der Waals surface area contributed by atoms with Crippen molar-refractivity contribution in [2.75, 3.05) is 57.2 Å². The van der Waals surface area contributed by atoms with Crippen molar-refractivity contribution in [3.8, 4) is 6.07 Å². The van der Waals surface area contributed by atoms with E-state index in [0.29, 0.717) is 17.8 Å². The molecule has 37 heavy (non-hydrogen) atoms. The topological polar surface area (TPSA) is 136 Å². The summed E-state index contributed by atoms with van der Waals surface area (Å²) in [6, 6.07) is 2.17. The largest absolute Gasteiger partial charge is 0.423 e. The number of aromatic amines is 1. The van der Waals surface area contributed by atoms with Crippen molar-refractivity contribution < 1.29 is 27.4 Å². The molecule has 11 nitrogen and oxygen atoms in total. The lowest BCUT2D eigenvalue weighted by atomic mass is 10.0. The Morgan fingerprint density at radius 1 is 1.22 bits per heavy atom. The number of anilines is 2. The molecular formula is C22H28F3N7O4S. The van der Waals surface area contributed by atoms with Gasteiger partial charge in [0.25, 0.3) is 11.5 Å². The number of carbonyl (C=O) groups is 1. The Morgan fingerprint density at radius 2 is 1.92 bits per heavy atom. The zero-order valence-electron chi connectivity index (χ0n) is 20.4. The molecule has 2 N–H and O–H groups in total. The van der Waals surface area contributed by atoms with Crippen LogP contribution in [-0.2, 0) is 20.4 Å². The van der Waals surface area contributed by atoms with Crippen LogP contribution >= 0.6 is 11.3 Å². The minimum atomic E-state index is -4.82. The molecule has 1 unspecified atom stereocenters. The summed E-state index contributed by atoms with van der Waals surface area (Å²) in [6.07, 6.45) is -0.952. The molecule has 4 rings (SSSR count). The molecule has 2 aromatic heterocycles. The molecule has 4 heterocycles. The average Bonchev–Trinajstić information content (AvgIpc) is 3.48. The molecule has 2 saturated heterocycles. The highest BCUT2D eigenvalue weighted by atomic mass is 32.1. The maximum atomic E-state index is 13.1. The van der Waals surface area contributed by atoms with E-state index in [1.54, 1.807) is 25.5 Å². The predicted octanol–water partition coefficient (Wildman–Crippen LogP) is 2.08. The molecule has 15 heteroatoms. The van der Waals surface area contributed by atoms with Crippen LogP contribution in [0.25, 0.3) is 0 Å². The van der Waals surface area contributed by atoms with E-state index in [9.17, 15) is 22.8 Å². The van der Waals surface area contributed by atoms with E-state index >= 15 is 0 Å². The SMILES string of the molecule is COC.N#Cc1cnc(N2CCC(N3CCC(OCCNc4cn[nH]c(=O)c4C(F)(F)F)C3=O)CC2)s1. The Kier molecular flexibility index (Phi) is 9.84. The molecule has 0 aromatic carbocycles. The van der Waals surface area contributed by atoms with Crippen molar-refractivity contribution in [1.82, 2.24) is 20.1 Å². The summed E-state index contributed by atoms with van der Waals surface area (Å²) in [6.45, 7) is 2.00. The van der Waals surface area contributed by atoms with Crippen LogP contribution in [0.5, 0.6) is 0 Å². The molecule has 1 amide bonds. The molecule has 202 valence electrons. The second-order valence-corrected chi connectivity index (χ2v) is 9.35. The van der Waals surface area contributed by atoms with Gasteiger partial charge in [0, 0.05) is 52.9 Å². The number of rotatable bonds is 7. The third-order valence-electron chi connectivity index (χ3n) is 5.85. The standard InChI is InChI=1S/C20H22F3N7O3S.C2H6O/c21-20(22,23)16-14(11-27-28-17(16)31)25-4-8-33-15-3-7-30(18(15)32)12-1-5-29(6-2-12)19-26-10-13(9-24)34-19;1-3-2/h10-12,15H,1-8H2,(H2,25,28,31);1-2H3. The number of carbonyl (C=O) groups excluding carboxylic acids is 1. The number of hydrogen-bond donors (Lipinski definition) is 2. The van der Waals surface area contributed by atoms with Gasteiger partial charge in [-0.15, -0.1) is 0 Å². The minimum absolute atomic E-state index is 0.00192. The molecule has 2 aliphatic heterocycles. The number of nitrogens with one attached hydrogen (secondary N) is 2. The van der Waals surface area contributed by atoms with E-state index < -0.39 is 29.1 Å². The van der Waals surface area contributed by atoms with E-state index in [2.05, 4.69) is 31.1 Å². The zero-order valence-corrected chi connectivity index (χ0v) is 21.2. The Bertz CT molecular complexity index is 1140. The van der Waals surface area contributed by atoms with Crippen LogP contribution in [0.4, 0.5) is 24.0 Å². The summed E-state index contributed by atoms with van der Waals surface area (Å²) < 4.78 is 49.1. The first-order valence-electron chi connectivity index (χ1n) is 11.5. The minimum Gasteiger partial charge on any atom is -0.388 e. The van der Waals surface area contributed by atoms with E-state index in [-0.39, 0.29) is 25.1 Å². The third-order valence-corrected chi connectivity index (χ3v) is 6.81. The Labute approximate surface area is 215 Å². The fraction of sp³-hybridized carbons (Fsp3) is 0.591. The summed E-state index contributed by atoms with van der Waals surface area (Å²) in [5.41, 5.74) is -3.11. The number of alkyl halides is 3. The van der Waals surface area contributed by atoms with Crippen molar-refractivity contribution >= 4 is 28.1 Å². The van der Waals surface area contributed by atoms with Crippen LogP contribution in [0, 0.1) is 11.3 Å². The van der Waals surface area contributed by atoms with E-state index in [1.165, 1.54) is 11.3 Å². The first kappa shape index (κ1) is 28.4. The number of piperidine rings is 1. The average molecular weight is 544 g/mol. The lowest BCUT2D eigenvalue weighted by Crippen LogP contribution is -2.46. The molecule has 1 atom stereocenters. The number of ether oxygens (including phenoxy) is 2. The molecule has 2 aromatic rings. The van der Waals surface area contributed by atoms with Crippen LogP contribution in [0.2, 0.25) is 0 Å². The van der Waals surface area contributed by atoms with Gasteiger partial charge in [0.2, 0.25) is 0 Å². The number of hydrogen-bond acceptors (Lipinski definition) is 10.